The van der Waals surface area contributed by atoms with E-state index in [0.29, 0.717) is 38.3 Å². The summed E-state index contributed by atoms with van der Waals surface area (Å²) in [6.07, 6.45) is 1.86. The lowest BCUT2D eigenvalue weighted by Crippen LogP contribution is -2.50. The average Bonchev–Trinajstić information content (AvgIpc) is 3.60. The fourth-order valence-electron chi connectivity index (χ4n) is 4.01. The van der Waals surface area contributed by atoms with E-state index in [4.69, 9.17) is 5.10 Å². The van der Waals surface area contributed by atoms with Crippen LogP contribution in [0.25, 0.3) is 10.6 Å². The summed E-state index contributed by atoms with van der Waals surface area (Å²) in [7, 11) is 0. The van der Waals surface area contributed by atoms with Gasteiger partial charge in [-0.25, -0.2) is 0 Å². The summed E-state index contributed by atoms with van der Waals surface area (Å²) in [4.78, 5) is 32.8. The van der Waals surface area contributed by atoms with Gasteiger partial charge < -0.3 is 9.80 Å². The minimum absolute atomic E-state index is 0.0308. The van der Waals surface area contributed by atoms with Crippen molar-refractivity contribution in [2.45, 2.75) is 13.5 Å². The van der Waals surface area contributed by atoms with Crippen LogP contribution in [0, 0.1) is 6.92 Å². The molecule has 4 heterocycles. The number of piperazine rings is 1. The Hall–Kier alpha value is -3.23. The van der Waals surface area contributed by atoms with Crippen LogP contribution in [0.5, 0.6) is 0 Å². The second-order valence-corrected chi connectivity index (χ2v) is 10.3. The van der Waals surface area contributed by atoms with Crippen LogP contribution in [0.3, 0.4) is 0 Å². The Morgan fingerprint density at radius 3 is 2.27 bits per heavy atom. The Bertz CT molecular complexity index is 1250. The van der Waals surface area contributed by atoms with Gasteiger partial charge in [-0.2, -0.15) is 5.10 Å². The smallest absolute Gasteiger partial charge is 0.264 e. The van der Waals surface area contributed by atoms with Gasteiger partial charge in [-0.05, 0) is 36.1 Å². The van der Waals surface area contributed by atoms with Gasteiger partial charge in [0.1, 0.15) is 5.69 Å². The number of thiophene rings is 2. The number of amides is 2. The van der Waals surface area contributed by atoms with Crippen molar-refractivity contribution in [3.05, 3.63) is 87.1 Å². The Morgan fingerprint density at radius 1 is 0.909 bits per heavy atom. The first kappa shape index (κ1) is 21.6. The molecule has 1 aliphatic rings. The molecule has 1 saturated heterocycles. The van der Waals surface area contributed by atoms with E-state index in [1.165, 1.54) is 11.3 Å². The van der Waals surface area contributed by atoms with Gasteiger partial charge in [0.2, 0.25) is 0 Å². The maximum Gasteiger partial charge on any atom is 0.264 e. The highest BCUT2D eigenvalue weighted by molar-refractivity contribution is 7.14. The minimum atomic E-state index is -0.0308. The first-order valence-corrected chi connectivity index (χ1v) is 12.6. The van der Waals surface area contributed by atoms with Crippen molar-refractivity contribution >= 4 is 34.5 Å². The maximum absolute atomic E-state index is 13.5. The highest BCUT2D eigenvalue weighted by Gasteiger charge is 2.29. The molecule has 0 unspecified atom stereocenters. The van der Waals surface area contributed by atoms with Gasteiger partial charge in [-0.15, -0.1) is 22.7 Å². The van der Waals surface area contributed by atoms with Crippen molar-refractivity contribution in [3.8, 4) is 10.6 Å². The maximum atomic E-state index is 13.5. The molecule has 1 aromatic carbocycles. The van der Waals surface area contributed by atoms with E-state index in [2.05, 4.69) is 12.1 Å². The Kier molecular flexibility index (Phi) is 6.11. The van der Waals surface area contributed by atoms with Crippen molar-refractivity contribution in [1.29, 1.82) is 0 Å². The first-order valence-electron chi connectivity index (χ1n) is 10.9. The van der Waals surface area contributed by atoms with Crippen molar-refractivity contribution in [1.82, 2.24) is 19.6 Å². The number of hydrogen-bond donors (Lipinski definition) is 0. The van der Waals surface area contributed by atoms with Gasteiger partial charge in [0, 0.05) is 37.3 Å². The molecule has 1 aliphatic heterocycles. The van der Waals surface area contributed by atoms with E-state index in [-0.39, 0.29) is 11.8 Å². The molecular formula is C25H24N4O2S2. The second-order valence-electron chi connectivity index (χ2n) is 8.05. The van der Waals surface area contributed by atoms with E-state index in [9.17, 15) is 9.59 Å². The van der Waals surface area contributed by atoms with Gasteiger partial charge in [0.05, 0.1) is 21.9 Å². The number of nitrogens with zero attached hydrogens (tertiary/aromatic N) is 4. The summed E-state index contributed by atoms with van der Waals surface area (Å²) in [6.45, 7) is 4.71. The Balaban J connectivity index is 1.33. The zero-order chi connectivity index (χ0) is 22.8. The fraction of sp³-hybridized carbons (Fsp3) is 0.240. The molecule has 0 aliphatic carbocycles. The summed E-state index contributed by atoms with van der Waals surface area (Å²) >= 11 is 3.10. The monoisotopic (exact) mass is 476 g/mol. The summed E-state index contributed by atoms with van der Waals surface area (Å²) in [6, 6.07) is 17.9. The number of hydrogen-bond acceptors (Lipinski definition) is 5. The van der Waals surface area contributed by atoms with Crippen LogP contribution in [0.15, 0.2) is 66.2 Å². The highest BCUT2D eigenvalue weighted by atomic mass is 32.1. The number of rotatable bonds is 5. The summed E-state index contributed by atoms with van der Waals surface area (Å²) < 4.78 is 1.84. The molecule has 5 rings (SSSR count). The first-order chi connectivity index (χ1) is 16.1. The number of carbonyl (C=O) groups excluding carboxylic acids is 2. The van der Waals surface area contributed by atoms with Crippen molar-refractivity contribution in [3.63, 3.8) is 0 Å². The van der Waals surface area contributed by atoms with Gasteiger partial charge in [0.15, 0.2) is 0 Å². The molecular weight excluding hydrogens is 452 g/mol. The molecule has 0 atom stereocenters. The van der Waals surface area contributed by atoms with Gasteiger partial charge in [-0.1, -0.05) is 36.4 Å². The second kappa shape index (κ2) is 9.33. The van der Waals surface area contributed by atoms with Crippen LogP contribution in [0.1, 0.15) is 30.5 Å². The Morgan fingerprint density at radius 2 is 1.64 bits per heavy atom. The molecule has 6 nitrogen and oxygen atoms in total. The molecule has 0 saturated carbocycles. The van der Waals surface area contributed by atoms with Gasteiger partial charge in [0.25, 0.3) is 11.8 Å². The topological polar surface area (TPSA) is 58.4 Å². The minimum Gasteiger partial charge on any atom is -0.335 e. The van der Waals surface area contributed by atoms with E-state index >= 15 is 0 Å². The van der Waals surface area contributed by atoms with Crippen LogP contribution in [-0.4, -0.2) is 57.6 Å². The molecule has 0 N–H and O–H groups in total. The zero-order valence-corrected chi connectivity index (χ0v) is 19.9. The molecule has 0 radical (unpaired) electrons. The Labute approximate surface area is 200 Å². The third-order valence-corrected chi connectivity index (χ3v) is 7.60. The summed E-state index contributed by atoms with van der Waals surface area (Å²) in [5, 5.41) is 6.76. The summed E-state index contributed by atoms with van der Waals surface area (Å²) in [5.41, 5.74) is 2.47. The predicted octanol–water partition coefficient (Wildman–Crippen LogP) is 4.63. The third-order valence-electron chi connectivity index (χ3n) is 5.74. The van der Waals surface area contributed by atoms with Crippen LogP contribution >= 0.6 is 22.7 Å². The van der Waals surface area contributed by atoms with Crippen LogP contribution in [0.4, 0.5) is 0 Å². The largest absolute Gasteiger partial charge is 0.335 e. The van der Waals surface area contributed by atoms with E-state index in [1.54, 1.807) is 11.3 Å². The lowest BCUT2D eigenvalue weighted by molar-refractivity contribution is 0.0538. The molecule has 2 amide bonds. The number of benzene rings is 1. The van der Waals surface area contributed by atoms with Gasteiger partial charge in [-0.3, -0.25) is 14.3 Å². The molecule has 1 fully saturated rings. The fourth-order valence-corrected chi connectivity index (χ4v) is 5.57. The average molecular weight is 477 g/mol. The van der Waals surface area contributed by atoms with E-state index in [0.717, 1.165) is 25.9 Å². The molecule has 3 aromatic heterocycles. The molecule has 33 heavy (non-hydrogen) atoms. The van der Waals surface area contributed by atoms with Crippen LogP contribution in [0.2, 0.25) is 0 Å². The number of aryl methyl sites for hydroxylation is 1. The lowest BCUT2D eigenvalue weighted by Gasteiger charge is -2.34. The molecule has 0 spiro atoms. The summed E-state index contributed by atoms with van der Waals surface area (Å²) in [5.74, 6) is 0.0203. The molecule has 8 heteroatoms. The van der Waals surface area contributed by atoms with Crippen LogP contribution in [-0.2, 0) is 6.54 Å². The predicted molar refractivity (Wildman–Crippen MR) is 132 cm³/mol. The molecule has 4 aromatic rings. The lowest BCUT2D eigenvalue weighted by atomic mass is 10.1. The molecule has 168 valence electrons. The molecule has 0 bridgehead atoms. The SMILES string of the molecule is Cc1ccc(C(=O)N2CCN(C(=O)c3cn(Cc4ccccc4)nc3-c3cccs3)CC2)s1. The standard InChI is InChI=1S/C25H24N4O2S2/c1-18-9-10-22(33-18)25(31)28-13-11-27(12-14-28)24(30)20-17-29(16-19-6-3-2-4-7-19)26-23(20)21-8-5-15-32-21/h2-10,15,17H,11-14,16H2,1H3. The third kappa shape index (κ3) is 4.62. The van der Waals surface area contributed by atoms with Gasteiger partial charge >= 0.3 is 0 Å². The van der Waals surface area contributed by atoms with Crippen molar-refractivity contribution < 1.29 is 9.59 Å². The zero-order valence-electron chi connectivity index (χ0n) is 18.3. The van der Waals surface area contributed by atoms with E-state index < -0.39 is 0 Å². The number of aromatic nitrogens is 2. The quantitative estimate of drug-likeness (QED) is 0.422. The van der Waals surface area contributed by atoms with Crippen molar-refractivity contribution in [2.24, 2.45) is 0 Å². The number of carbonyl (C=O) groups is 2. The van der Waals surface area contributed by atoms with Crippen molar-refractivity contribution in [2.75, 3.05) is 26.2 Å². The van der Waals surface area contributed by atoms with E-state index in [1.807, 2.05) is 75.4 Å². The van der Waals surface area contributed by atoms with Crippen LogP contribution < -0.4 is 0 Å². The highest BCUT2D eigenvalue weighted by Crippen LogP contribution is 2.28. The normalized spacial score (nSPS) is 14.0.